The lowest BCUT2D eigenvalue weighted by Crippen LogP contribution is -2.44. The van der Waals surface area contributed by atoms with E-state index >= 15 is 0 Å². The summed E-state index contributed by atoms with van der Waals surface area (Å²) >= 11 is 0. The summed E-state index contributed by atoms with van der Waals surface area (Å²) in [5.74, 6) is -4.84. The molecule has 0 aliphatic heterocycles. The maximum Gasteiger partial charge on any atom is 0.256 e. The molecule has 0 N–H and O–H groups in total. The van der Waals surface area contributed by atoms with Crippen molar-refractivity contribution in [2.24, 2.45) is 23.7 Å². The van der Waals surface area contributed by atoms with Crippen LogP contribution in [-0.4, -0.2) is 18.3 Å². The monoisotopic (exact) mass is 364 g/mol. The van der Waals surface area contributed by atoms with Crippen LogP contribution in [0.1, 0.15) is 90.9 Å². The third-order valence-corrected chi connectivity index (χ3v) is 6.66. The summed E-state index contributed by atoms with van der Waals surface area (Å²) < 4.78 is 57.0. The first-order valence-corrected chi connectivity index (χ1v) is 10.6. The maximum absolute atomic E-state index is 14.7. The zero-order chi connectivity index (χ0) is 18.4. The van der Waals surface area contributed by atoms with Crippen LogP contribution >= 0.6 is 0 Å². The molecule has 4 heteroatoms. The van der Waals surface area contributed by atoms with E-state index in [2.05, 4.69) is 13.8 Å². The van der Waals surface area contributed by atoms with E-state index in [1.807, 2.05) is 0 Å². The van der Waals surface area contributed by atoms with Crippen molar-refractivity contribution in [2.45, 2.75) is 109 Å². The Hall–Kier alpha value is -0.280. The van der Waals surface area contributed by atoms with E-state index in [0.29, 0.717) is 25.2 Å². The number of alkyl halides is 4. The van der Waals surface area contributed by atoms with Gasteiger partial charge in [-0.15, -0.1) is 0 Å². The van der Waals surface area contributed by atoms with Crippen molar-refractivity contribution in [1.29, 1.82) is 0 Å². The zero-order valence-electron chi connectivity index (χ0n) is 16.0. The first kappa shape index (κ1) is 21.0. The zero-order valence-corrected chi connectivity index (χ0v) is 16.0. The maximum atomic E-state index is 14.7. The van der Waals surface area contributed by atoms with E-state index < -0.39 is 30.1 Å². The molecule has 0 aromatic carbocycles. The molecule has 2 fully saturated rings. The van der Waals surface area contributed by atoms with Crippen LogP contribution < -0.4 is 0 Å². The van der Waals surface area contributed by atoms with Gasteiger partial charge >= 0.3 is 0 Å². The minimum absolute atomic E-state index is 0.112. The molecule has 0 aromatic rings. The number of fused-ring (bicyclic) bond motifs is 1. The second-order valence-electron chi connectivity index (χ2n) is 8.51. The molecule has 2 saturated carbocycles. The highest BCUT2D eigenvalue weighted by atomic mass is 19.3. The van der Waals surface area contributed by atoms with Crippen LogP contribution in [0.3, 0.4) is 0 Å². The van der Waals surface area contributed by atoms with Gasteiger partial charge in [0.1, 0.15) is 12.3 Å². The molecule has 148 valence electrons. The van der Waals surface area contributed by atoms with Gasteiger partial charge in [0.25, 0.3) is 5.92 Å². The van der Waals surface area contributed by atoms with Crippen molar-refractivity contribution in [1.82, 2.24) is 0 Å². The summed E-state index contributed by atoms with van der Waals surface area (Å²) in [6.45, 7) is 4.37. The van der Waals surface area contributed by atoms with Gasteiger partial charge in [-0.25, -0.2) is 17.6 Å². The standard InChI is InChI=1S/C21H36F4/c1-3-5-6-9-15(8-4-2)10-7-11-17-14-16-12-13-18(22)20(23)19(16)21(17,24)25/h15-20H,3-14H2,1-2H3. The predicted octanol–water partition coefficient (Wildman–Crippen LogP) is 7.51. The Morgan fingerprint density at radius 2 is 1.64 bits per heavy atom. The molecule has 0 radical (unpaired) electrons. The van der Waals surface area contributed by atoms with Gasteiger partial charge in [0.05, 0.1) is 5.92 Å². The first-order chi connectivity index (χ1) is 11.9. The molecule has 25 heavy (non-hydrogen) atoms. The van der Waals surface area contributed by atoms with Gasteiger partial charge in [-0.3, -0.25) is 0 Å². The van der Waals surface area contributed by atoms with Crippen molar-refractivity contribution in [3.05, 3.63) is 0 Å². The normalized spacial score (nSPS) is 35.5. The molecule has 0 saturated heterocycles. The summed E-state index contributed by atoms with van der Waals surface area (Å²) in [5, 5.41) is 0. The minimum atomic E-state index is -3.03. The van der Waals surface area contributed by atoms with Crippen LogP contribution in [0.2, 0.25) is 0 Å². The lowest BCUT2D eigenvalue weighted by Gasteiger charge is -2.34. The van der Waals surface area contributed by atoms with Gasteiger partial charge < -0.3 is 0 Å². The van der Waals surface area contributed by atoms with Crippen molar-refractivity contribution < 1.29 is 17.6 Å². The Labute approximate surface area is 151 Å². The van der Waals surface area contributed by atoms with E-state index in [9.17, 15) is 17.6 Å². The molecule has 2 rings (SSSR count). The van der Waals surface area contributed by atoms with E-state index in [4.69, 9.17) is 0 Å². The Bertz CT molecular complexity index is 384. The minimum Gasteiger partial charge on any atom is -0.244 e. The van der Waals surface area contributed by atoms with E-state index in [0.717, 1.165) is 19.3 Å². The molecule has 0 bridgehead atoms. The molecule has 6 atom stereocenters. The van der Waals surface area contributed by atoms with E-state index in [1.54, 1.807) is 0 Å². The molecule has 0 nitrogen and oxygen atoms in total. The second-order valence-corrected chi connectivity index (χ2v) is 8.51. The quantitative estimate of drug-likeness (QED) is 0.278. The summed E-state index contributed by atoms with van der Waals surface area (Å²) in [5.41, 5.74) is 0. The van der Waals surface area contributed by atoms with Gasteiger partial charge in [-0.05, 0) is 37.5 Å². The van der Waals surface area contributed by atoms with Gasteiger partial charge in [-0.1, -0.05) is 65.2 Å². The molecule has 2 aliphatic carbocycles. The molecular weight excluding hydrogens is 328 g/mol. The molecule has 0 spiro atoms. The topological polar surface area (TPSA) is 0 Å². The smallest absolute Gasteiger partial charge is 0.244 e. The van der Waals surface area contributed by atoms with Gasteiger partial charge in [-0.2, -0.15) is 0 Å². The highest BCUT2D eigenvalue weighted by molar-refractivity contribution is 5.04. The lowest BCUT2D eigenvalue weighted by atomic mass is 9.78. The number of halogens is 4. The fraction of sp³-hybridized carbons (Fsp3) is 1.00. The average Bonchev–Trinajstić information content (AvgIpc) is 2.82. The number of unbranched alkanes of at least 4 members (excludes halogenated alkanes) is 2. The number of rotatable bonds is 10. The van der Waals surface area contributed by atoms with Crippen molar-refractivity contribution in [3.63, 3.8) is 0 Å². The highest BCUT2D eigenvalue weighted by Gasteiger charge is 2.62. The van der Waals surface area contributed by atoms with Crippen LogP contribution in [0.4, 0.5) is 17.6 Å². The molecule has 0 amide bonds. The molecule has 6 unspecified atom stereocenters. The fourth-order valence-corrected chi connectivity index (χ4v) is 5.27. The third kappa shape index (κ3) is 5.13. The predicted molar refractivity (Wildman–Crippen MR) is 95.5 cm³/mol. The Morgan fingerprint density at radius 3 is 2.32 bits per heavy atom. The van der Waals surface area contributed by atoms with Crippen LogP contribution in [0, 0.1) is 23.7 Å². The summed E-state index contributed by atoms with van der Waals surface area (Å²) in [7, 11) is 0. The van der Waals surface area contributed by atoms with Gasteiger partial charge in [0, 0.05) is 5.92 Å². The van der Waals surface area contributed by atoms with Gasteiger partial charge in [0.15, 0.2) is 0 Å². The van der Waals surface area contributed by atoms with Crippen LogP contribution in [0.15, 0.2) is 0 Å². The summed E-state index contributed by atoms with van der Waals surface area (Å²) in [6, 6.07) is 0. The Balaban J connectivity index is 1.83. The molecule has 0 aromatic heterocycles. The van der Waals surface area contributed by atoms with Crippen LogP contribution in [0.25, 0.3) is 0 Å². The number of hydrogen-bond acceptors (Lipinski definition) is 0. The Kier molecular flexibility index (Phi) is 8.07. The average molecular weight is 365 g/mol. The third-order valence-electron chi connectivity index (χ3n) is 6.66. The van der Waals surface area contributed by atoms with E-state index in [1.165, 1.54) is 32.1 Å². The summed E-state index contributed by atoms with van der Waals surface area (Å²) in [4.78, 5) is 0. The van der Waals surface area contributed by atoms with Crippen LogP contribution in [0.5, 0.6) is 0 Å². The number of hydrogen-bond donors (Lipinski definition) is 0. The molecule has 2 aliphatic rings. The largest absolute Gasteiger partial charge is 0.256 e. The summed E-state index contributed by atoms with van der Waals surface area (Å²) in [6.07, 6.45) is 6.72. The second kappa shape index (κ2) is 9.60. The SMILES string of the molecule is CCCCCC(CCC)CCCC1CC2CCC(F)C(F)C2C1(F)F. The lowest BCUT2D eigenvalue weighted by molar-refractivity contribution is -0.128. The molecule has 0 heterocycles. The van der Waals surface area contributed by atoms with Crippen molar-refractivity contribution >= 4 is 0 Å². The molecular formula is C21H36F4. The van der Waals surface area contributed by atoms with E-state index in [-0.39, 0.29) is 12.3 Å². The first-order valence-electron chi connectivity index (χ1n) is 10.6. The van der Waals surface area contributed by atoms with Crippen molar-refractivity contribution in [3.8, 4) is 0 Å². The van der Waals surface area contributed by atoms with Gasteiger partial charge in [0.2, 0.25) is 0 Å². The highest BCUT2D eigenvalue weighted by Crippen LogP contribution is 2.56. The van der Waals surface area contributed by atoms with Crippen molar-refractivity contribution in [2.75, 3.05) is 0 Å². The van der Waals surface area contributed by atoms with Crippen LogP contribution in [-0.2, 0) is 0 Å². The Morgan fingerprint density at radius 1 is 0.920 bits per heavy atom. The fourth-order valence-electron chi connectivity index (χ4n) is 5.27.